The van der Waals surface area contributed by atoms with Gasteiger partial charge in [-0.25, -0.2) is 0 Å². The third kappa shape index (κ3) is 3.72. The van der Waals surface area contributed by atoms with Crippen molar-refractivity contribution in [3.05, 3.63) is 6.54 Å². The second-order valence-corrected chi connectivity index (χ2v) is 4.39. The van der Waals surface area contributed by atoms with Gasteiger partial charge in [-0.05, 0) is 34.6 Å². The number of esters is 1. The van der Waals surface area contributed by atoms with Gasteiger partial charge in [-0.1, -0.05) is 0 Å². The van der Waals surface area contributed by atoms with Crippen LogP contribution >= 0.6 is 0 Å². The van der Waals surface area contributed by atoms with Crippen LogP contribution in [-0.4, -0.2) is 11.6 Å². The van der Waals surface area contributed by atoms with Crippen molar-refractivity contribution in [3.8, 4) is 0 Å². The lowest BCUT2D eigenvalue weighted by molar-refractivity contribution is -0.163. The van der Waals surface area contributed by atoms with Crippen LogP contribution in [0.25, 0.3) is 0 Å². The summed E-state index contributed by atoms with van der Waals surface area (Å²) >= 11 is 0. The van der Waals surface area contributed by atoms with Gasteiger partial charge in [0.25, 0.3) is 0 Å². The van der Waals surface area contributed by atoms with Crippen molar-refractivity contribution in [2.75, 3.05) is 0 Å². The summed E-state index contributed by atoms with van der Waals surface area (Å²) in [5.74, 6) is -0.294. The number of ether oxygens (including phenoxy) is 1. The molecule has 71 valence electrons. The van der Waals surface area contributed by atoms with Gasteiger partial charge in [-0.15, -0.1) is 0 Å². The highest BCUT2D eigenvalue weighted by Gasteiger charge is 2.31. The molecule has 12 heavy (non-hydrogen) atoms. The van der Waals surface area contributed by atoms with Gasteiger partial charge in [-0.2, -0.15) is 0 Å². The topological polar surface area (TPSA) is 52.3 Å². The summed E-state index contributed by atoms with van der Waals surface area (Å²) in [6.45, 7) is 10.3. The summed E-state index contributed by atoms with van der Waals surface area (Å²) in [5, 5.41) is 0. The molecule has 0 aliphatic heterocycles. The Labute approximate surface area is 74.3 Å². The van der Waals surface area contributed by atoms with Crippen molar-refractivity contribution in [1.29, 1.82) is 0 Å². The molecular weight excluding hydrogens is 154 g/mol. The molecule has 0 spiro atoms. The number of carbonyl (C=O) groups is 1. The third-order valence-corrected chi connectivity index (χ3v) is 1.34. The third-order valence-electron chi connectivity index (χ3n) is 1.34. The molecule has 0 rings (SSSR count). The number of nitrogens with two attached hydrogens (primary N) is 1. The standard InChI is InChI=1S/C9H18NO2/c1-8(2,3)12-7(11)9(4,5)6-10/h6H,10H2,1-5H3. The molecule has 0 atom stereocenters. The zero-order chi connectivity index (χ0) is 9.99. The van der Waals surface area contributed by atoms with Crippen molar-refractivity contribution < 1.29 is 9.53 Å². The molecule has 0 aliphatic rings. The van der Waals surface area contributed by atoms with Crippen LogP contribution in [0.4, 0.5) is 0 Å². The van der Waals surface area contributed by atoms with Crippen LogP contribution in [-0.2, 0) is 9.53 Å². The van der Waals surface area contributed by atoms with Crippen LogP contribution < -0.4 is 5.73 Å². The lowest BCUT2D eigenvalue weighted by atomic mass is 9.94. The molecule has 0 saturated carbocycles. The van der Waals surface area contributed by atoms with Crippen LogP contribution in [0.5, 0.6) is 0 Å². The van der Waals surface area contributed by atoms with Gasteiger partial charge in [-0.3, -0.25) is 4.79 Å². The first-order valence-electron chi connectivity index (χ1n) is 3.98. The fourth-order valence-electron chi connectivity index (χ4n) is 0.478. The highest BCUT2D eigenvalue weighted by atomic mass is 16.6. The van der Waals surface area contributed by atoms with Crippen molar-refractivity contribution >= 4 is 5.97 Å². The molecule has 2 N–H and O–H groups in total. The van der Waals surface area contributed by atoms with Gasteiger partial charge < -0.3 is 10.5 Å². The molecule has 0 bridgehead atoms. The average Bonchev–Trinajstić information content (AvgIpc) is 1.84. The average molecular weight is 172 g/mol. The Kier molecular flexibility index (Phi) is 3.27. The van der Waals surface area contributed by atoms with Gasteiger partial charge in [0.2, 0.25) is 0 Å². The Morgan fingerprint density at radius 3 is 1.92 bits per heavy atom. The van der Waals surface area contributed by atoms with E-state index in [1.54, 1.807) is 13.8 Å². The Morgan fingerprint density at radius 1 is 1.25 bits per heavy atom. The van der Waals surface area contributed by atoms with Gasteiger partial charge in [0.1, 0.15) is 5.60 Å². The molecular formula is C9H18NO2. The van der Waals surface area contributed by atoms with Crippen LogP contribution in [0.1, 0.15) is 34.6 Å². The van der Waals surface area contributed by atoms with E-state index in [1.165, 1.54) is 6.54 Å². The summed E-state index contributed by atoms with van der Waals surface area (Å²) in [5.41, 5.74) is 4.15. The molecule has 0 aromatic rings. The van der Waals surface area contributed by atoms with Gasteiger partial charge in [0.15, 0.2) is 0 Å². The maximum atomic E-state index is 11.4. The predicted octanol–water partition coefficient (Wildman–Crippen LogP) is 1.47. The van der Waals surface area contributed by atoms with Crippen molar-refractivity contribution in [2.45, 2.75) is 40.2 Å². The van der Waals surface area contributed by atoms with Crippen LogP contribution in [0, 0.1) is 12.0 Å². The van der Waals surface area contributed by atoms with Gasteiger partial charge >= 0.3 is 5.97 Å². The maximum absolute atomic E-state index is 11.4. The van der Waals surface area contributed by atoms with E-state index < -0.39 is 11.0 Å². The Bertz CT molecular complexity index is 168. The molecule has 0 fully saturated rings. The van der Waals surface area contributed by atoms with Crippen LogP contribution in [0.3, 0.4) is 0 Å². The van der Waals surface area contributed by atoms with E-state index in [1.807, 2.05) is 20.8 Å². The molecule has 0 aromatic carbocycles. The van der Waals surface area contributed by atoms with E-state index >= 15 is 0 Å². The van der Waals surface area contributed by atoms with E-state index in [4.69, 9.17) is 10.5 Å². The lowest BCUT2D eigenvalue weighted by Crippen LogP contribution is -2.35. The molecule has 1 radical (unpaired) electrons. The highest BCUT2D eigenvalue weighted by molar-refractivity contribution is 5.77. The minimum absolute atomic E-state index is 0.294. The van der Waals surface area contributed by atoms with E-state index in [-0.39, 0.29) is 5.97 Å². The smallest absolute Gasteiger partial charge is 0.313 e. The molecule has 0 aromatic heterocycles. The second kappa shape index (κ2) is 3.44. The predicted molar refractivity (Wildman–Crippen MR) is 48.1 cm³/mol. The Morgan fingerprint density at radius 2 is 1.67 bits per heavy atom. The molecule has 0 saturated heterocycles. The van der Waals surface area contributed by atoms with Crippen LogP contribution in [0.2, 0.25) is 0 Å². The number of hydrogen-bond acceptors (Lipinski definition) is 3. The van der Waals surface area contributed by atoms with E-state index in [0.717, 1.165) is 0 Å². The van der Waals surface area contributed by atoms with Gasteiger partial charge in [0, 0.05) is 6.54 Å². The van der Waals surface area contributed by atoms with Crippen molar-refractivity contribution in [3.63, 3.8) is 0 Å². The van der Waals surface area contributed by atoms with Crippen molar-refractivity contribution in [1.82, 2.24) is 0 Å². The van der Waals surface area contributed by atoms with Gasteiger partial charge in [0.05, 0.1) is 5.41 Å². The Hall–Kier alpha value is -0.570. The summed E-state index contributed by atoms with van der Waals surface area (Å²) in [7, 11) is 0. The molecule has 0 aliphatic carbocycles. The Balaban J connectivity index is 4.23. The first-order chi connectivity index (χ1) is 5.19. The first-order valence-corrected chi connectivity index (χ1v) is 3.98. The van der Waals surface area contributed by atoms with E-state index in [2.05, 4.69) is 0 Å². The zero-order valence-electron chi connectivity index (χ0n) is 8.47. The molecule has 0 amide bonds. The van der Waals surface area contributed by atoms with E-state index in [0.29, 0.717) is 0 Å². The number of rotatable bonds is 2. The lowest BCUT2D eigenvalue weighted by Gasteiger charge is -2.26. The number of carbonyl (C=O) groups excluding carboxylic acids is 1. The second-order valence-electron chi connectivity index (χ2n) is 4.39. The summed E-state index contributed by atoms with van der Waals surface area (Å²) in [6, 6.07) is 0. The summed E-state index contributed by atoms with van der Waals surface area (Å²) in [4.78, 5) is 11.4. The fraction of sp³-hybridized carbons (Fsp3) is 0.778. The van der Waals surface area contributed by atoms with Crippen LogP contribution in [0.15, 0.2) is 0 Å². The first kappa shape index (κ1) is 11.4. The molecule has 3 nitrogen and oxygen atoms in total. The SMILES string of the molecule is CC(C)(C)OC(=O)C(C)(C)[CH]N. The largest absolute Gasteiger partial charge is 0.460 e. The zero-order valence-corrected chi connectivity index (χ0v) is 8.47. The minimum atomic E-state index is -0.701. The quantitative estimate of drug-likeness (QED) is 0.642. The molecule has 0 unspecified atom stereocenters. The highest BCUT2D eigenvalue weighted by Crippen LogP contribution is 2.21. The monoisotopic (exact) mass is 172 g/mol. The fourth-order valence-corrected chi connectivity index (χ4v) is 0.478. The normalized spacial score (nSPS) is 12.8. The molecule has 0 heterocycles. The summed E-state index contributed by atoms with van der Waals surface area (Å²) < 4.78 is 5.14. The number of hydrogen-bond donors (Lipinski definition) is 1. The molecule has 3 heteroatoms. The minimum Gasteiger partial charge on any atom is -0.460 e. The van der Waals surface area contributed by atoms with E-state index in [9.17, 15) is 4.79 Å². The summed E-state index contributed by atoms with van der Waals surface area (Å²) in [6.07, 6.45) is 0. The van der Waals surface area contributed by atoms with Crippen molar-refractivity contribution in [2.24, 2.45) is 11.1 Å². The maximum Gasteiger partial charge on any atom is 0.313 e.